The number of carbonyl (C=O) groups excluding carboxylic acids is 1. The summed E-state index contributed by atoms with van der Waals surface area (Å²) in [4.78, 5) is 14.0. The predicted octanol–water partition coefficient (Wildman–Crippen LogP) is 2.58. The fourth-order valence-electron chi connectivity index (χ4n) is 2.54. The van der Waals surface area contributed by atoms with Gasteiger partial charge in [-0.05, 0) is 25.2 Å². The van der Waals surface area contributed by atoms with Gasteiger partial charge in [0.05, 0.1) is 7.11 Å². The lowest BCUT2D eigenvalue weighted by atomic mass is 9.93. The number of nitrogens with zero attached hydrogens (tertiary/aromatic N) is 2. The van der Waals surface area contributed by atoms with Crippen LogP contribution in [0.5, 0.6) is 0 Å². The summed E-state index contributed by atoms with van der Waals surface area (Å²) in [7, 11) is 1.40. The average Bonchev–Trinajstić information content (AvgIpc) is 2.88. The number of hydrogen-bond acceptors (Lipinski definition) is 5. The van der Waals surface area contributed by atoms with E-state index in [1.807, 2.05) is 19.9 Å². The largest absolute Gasteiger partial charge is 0.468 e. The van der Waals surface area contributed by atoms with E-state index in [1.165, 1.54) is 26.4 Å². The second kappa shape index (κ2) is 6.08. The van der Waals surface area contributed by atoms with Crippen molar-refractivity contribution < 1.29 is 14.1 Å². The highest BCUT2D eigenvalue weighted by Crippen LogP contribution is 2.29. The second-order valence-corrected chi connectivity index (χ2v) is 5.38. The SMILES string of the molecule is COC(=O)C(c1cc(N2CCCCC2)no1)C(C)C. The van der Waals surface area contributed by atoms with Crippen molar-refractivity contribution in [2.75, 3.05) is 25.1 Å². The Kier molecular flexibility index (Phi) is 4.45. The van der Waals surface area contributed by atoms with Crippen LogP contribution in [0.25, 0.3) is 0 Å². The number of hydrogen-bond donors (Lipinski definition) is 0. The molecule has 1 aromatic rings. The minimum Gasteiger partial charge on any atom is -0.468 e. The van der Waals surface area contributed by atoms with Crippen LogP contribution >= 0.6 is 0 Å². The van der Waals surface area contributed by atoms with Crippen LogP contribution in [-0.4, -0.2) is 31.3 Å². The van der Waals surface area contributed by atoms with Crippen molar-refractivity contribution >= 4 is 11.8 Å². The Morgan fingerprint density at radius 1 is 1.37 bits per heavy atom. The average molecular weight is 266 g/mol. The molecule has 5 heteroatoms. The molecule has 0 N–H and O–H groups in total. The van der Waals surface area contributed by atoms with Gasteiger partial charge in [-0.25, -0.2) is 0 Å². The molecule has 0 amide bonds. The highest BCUT2D eigenvalue weighted by Gasteiger charge is 2.30. The number of carbonyl (C=O) groups is 1. The maximum atomic E-state index is 11.8. The van der Waals surface area contributed by atoms with Crippen molar-refractivity contribution in [3.8, 4) is 0 Å². The Bertz CT molecular complexity index is 422. The van der Waals surface area contributed by atoms with Gasteiger partial charge >= 0.3 is 5.97 Å². The minimum atomic E-state index is -0.379. The maximum absolute atomic E-state index is 11.8. The number of esters is 1. The van der Waals surface area contributed by atoms with E-state index in [0.29, 0.717) is 5.76 Å². The van der Waals surface area contributed by atoms with E-state index in [-0.39, 0.29) is 17.8 Å². The Hall–Kier alpha value is -1.52. The summed E-state index contributed by atoms with van der Waals surface area (Å²) < 4.78 is 10.2. The van der Waals surface area contributed by atoms with Crippen LogP contribution in [0.3, 0.4) is 0 Å². The van der Waals surface area contributed by atoms with Crippen LogP contribution in [0, 0.1) is 5.92 Å². The molecule has 1 saturated heterocycles. The predicted molar refractivity (Wildman–Crippen MR) is 72.2 cm³/mol. The van der Waals surface area contributed by atoms with Crippen LogP contribution in [-0.2, 0) is 9.53 Å². The zero-order chi connectivity index (χ0) is 13.8. The molecule has 106 valence electrons. The summed E-state index contributed by atoms with van der Waals surface area (Å²) in [6, 6.07) is 1.88. The highest BCUT2D eigenvalue weighted by molar-refractivity contribution is 5.77. The monoisotopic (exact) mass is 266 g/mol. The standard InChI is InChI=1S/C14H22N2O3/c1-10(2)13(14(17)18-3)11-9-12(15-19-11)16-7-5-4-6-8-16/h9-10,13H,4-8H2,1-3H3. The molecule has 0 aromatic carbocycles. The van der Waals surface area contributed by atoms with Gasteiger partial charge in [-0.3, -0.25) is 4.79 Å². The van der Waals surface area contributed by atoms with E-state index < -0.39 is 0 Å². The lowest BCUT2D eigenvalue weighted by molar-refractivity contribution is -0.144. The molecule has 0 spiro atoms. The molecule has 0 radical (unpaired) electrons. The number of methoxy groups -OCH3 is 1. The fraction of sp³-hybridized carbons (Fsp3) is 0.714. The number of rotatable bonds is 4. The van der Waals surface area contributed by atoms with E-state index >= 15 is 0 Å². The van der Waals surface area contributed by atoms with E-state index in [1.54, 1.807) is 0 Å². The van der Waals surface area contributed by atoms with E-state index in [4.69, 9.17) is 9.26 Å². The zero-order valence-corrected chi connectivity index (χ0v) is 11.9. The van der Waals surface area contributed by atoms with Gasteiger partial charge in [-0.1, -0.05) is 19.0 Å². The van der Waals surface area contributed by atoms with Crippen molar-refractivity contribution in [1.82, 2.24) is 5.16 Å². The Morgan fingerprint density at radius 2 is 2.05 bits per heavy atom. The van der Waals surface area contributed by atoms with Crippen LogP contribution in [0.4, 0.5) is 5.82 Å². The summed E-state index contributed by atoms with van der Waals surface area (Å²) in [6.07, 6.45) is 3.65. The topological polar surface area (TPSA) is 55.6 Å². The lowest BCUT2D eigenvalue weighted by Gasteiger charge is -2.25. The third kappa shape index (κ3) is 3.08. The molecule has 0 saturated carbocycles. The molecule has 1 aromatic heterocycles. The van der Waals surface area contributed by atoms with E-state index in [9.17, 15) is 4.79 Å². The van der Waals surface area contributed by atoms with E-state index in [0.717, 1.165) is 18.9 Å². The normalized spacial score (nSPS) is 17.6. The van der Waals surface area contributed by atoms with Crippen molar-refractivity contribution in [3.05, 3.63) is 11.8 Å². The molecule has 5 nitrogen and oxygen atoms in total. The van der Waals surface area contributed by atoms with Crippen LogP contribution in [0.15, 0.2) is 10.6 Å². The van der Waals surface area contributed by atoms with Gasteiger partial charge in [0.25, 0.3) is 0 Å². The van der Waals surface area contributed by atoms with Crippen molar-refractivity contribution in [1.29, 1.82) is 0 Å². The lowest BCUT2D eigenvalue weighted by Crippen LogP contribution is -2.29. The summed E-state index contributed by atoms with van der Waals surface area (Å²) in [5.41, 5.74) is 0. The Balaban J connectivity index is 2.15. The van der Waals surface area contributed by atoms with Gasteiger partial charge in [0, 0.05) is 19.2 Å². The fourth-order valence-corrected chi connectivity index (χ4v) is 2.54. The molecule has 0 aliphatic carbocycles. The zero-order valence-electron chi connectivity index (χ0n) is 11.9. The van der Waals surface area contributed by atoms with Crippen molar-refractivity contribution in [2.24, 2.45) is 5.92 Å². The van der Waals surface area contributed by atoms with Crippen molar-refractivity contribution in [3.63, 3.8) is 0 Å². The minimum absolute atomic E-state index is 0.120. The Labute approximate surface area is 113 Å². The third-order valence-electron chi connectivity index (χ3n) is 3.62. The van der Waals surface area contributed by atoms with Gasteiger partial charge in [-0.15, -0.1) is 0 Å². The molecular formula is C14H22N2O3. The first-order valence-electron chi connectivity index (χ1n) is 6.93. The van der Waals surface area contributed by atoms with Gasteiger partial charge in [0.2, 0.25) is 0 Å². The molecule has 1 atom stereocenters. The summed E-state index contributed by atoms with van der Waals surface area (Å²) in [5.74, 6) is 0.911. The number of aromatic nitrogens is 1. The third-order valence-corrected chi connectivity index (χ3v) is 3.62. The van der Waals surface area contributed by atoms with Crippen LogP contribution in [0.2, 0.25) is 0 Å². The van der Waals surface area contributed by atoms with Gasteiger partial charge in [-0.2, -0.15) is 0 Å². The second-order valence-electron chi connectivity index (χ2n) is 5.38. The van der Waals surface area contributed by atoms with Crippen LogP contribution < -0.4 is 4.90 Å². The summed E-state index contributed by atoms with van der Waals surface area (Å²) in [6.45, 7) is 5.97. The number of anilines is 1. The number of ether oxygens (including phenoxy) is 1. The molecule has 1 aliphatic rings. The molecule has 2 rings (SSSR count). The molecular weight excluding hydrogens is 244 g/mol. The van der Waals surface area contributed by atoms with Crippen molar-refractivity contribution in [2.45, 2.75) is 39.0 Å². The van der Waals surface area contributed by atoms with Gasteiger partial charge < -0.3 is 14.2 Å². The van der Waals surface area contributed by atoms with Gasteiger partial charge in [0.1, 0.15) is 5.92 Å². The Morgan fingerprint density at radius 3 is 2.63 bits per heavy atom. The van der Waals surface area contributed by atoms with Crippen LogP contribution in [0.1, 0.15) is 44.8 Å². The molecule has 1 fully saturated rings. The molecule has 1 aliphatic heterocycles. The quantitative estimate of drug-likeness (QED) is 0.784. The first kappa shape index (κ1) is 13.9. The van der Waals surface area contributed by atoms with Gasteiger partial charge in [0.15, 0.2) is 11.6 Å². The first-order valence-corrected chi connectivity index (χ1v) is 6.93. The highest BCUT2D eigenvalue weighted by atomic mass is 16.5. The summed E-state index contributed by atoms with van der Waals surface area (Å²) >= 11 is 0. The van der Waals surface area contributed by atoms with E-state index in [2.05, 4.69) is 10.1 Å². The maximum Gasteiger partial charge on any atom is 0.316 e. The number of piperidine rings is 1. The summed E-state index contributed by atoms with van der Waals surface area (Å²) in [5, 5.41) is 4.10. The molecule has 1 unspecified atom stereocenters. The smallest absolute Gasteiger partial charge is 0.316 e. The first-order chi connectivity index (χ1) is 9.13. The molecule has 2 heterocycles. The molecule has 0 bridgehead atoms. The molecule has 19 heavy (non-hydrogen) atoms.